The van der Waals surface area contributed by atoms with Crippen LogP contribution in [0.1, 0.15) is 42.4 Å². The molecule has 192 valence electrons. The monoisotopic (exact) mass is 532 g/mol. The molecule has 0 aliphatic carbocycles. The molecule has 1 aromatic heterocycles. The van der Waals surface area contributed by atoms with Gasteiger partial charge in [-0.1, -0.05) is 18.2 Å². The number of rotatable bonds is 10. The second kappa shape index (κ2) is 11.2. The number of ether oxygens (including phenoxy) is 2. The number of benzene rings is 1. The predicted octanol–water partition coefficient (Wildman–Crippen LogP) is 3.58. The molecule has 3 rings (SSSR count). The summed E-state index contributed by atoms with van der Waals surface area (Å²) in [6.45, 7) is -0.282. The van der Waals surface area contributed by atoms with Crippen LogP contribution in [0.5, 0.6) is 0 Å². The number of alkyl halides is 2. The van der Waals surface area contributed by atoms with Gasteiger partial charge < -0.3 is 18.5 Å². The van der Waals surface area contributed by atoms with Gasteiger partial charge >= 0.3 is 17.3 Å². The van der Waals surface area contributed by atoms with E-state index in [2.05, 4.69) is 4.98 Å². The summed E-state index contributed by atoms with van der Waals surface area (Å²) in [5, 5.41) is 0. The number of esters is 1. The van der Waals surface area contributed by atoms with E-state index in [-0.39, 0.29) is 30.8 Å². The molecule has 0 saturated carbocycles. The zero-order valence-electron chi connectivity index (χ0n) is 19.4. The minimum Gasteiger partial charge on any atom is -0.459 e. The summed E-state index contributed by atoms with van der Waals surface area (Å²) in [7, 11) is 0. The number of aromatic nitrogens is 2. The van der Waals surface area contributed by atoms with E-state index in [1.165, 1.54) is 39.1 Å². The minimum absolute atomic E-state index is 0.0872. The first kappa shape index (κ1) is 27.3. The van der Waals surface area contributed by atoms with Crippen LogP contribution in [-0.2, 0) is 30.3 Å². The third-order valence-electron chi connectivity index (χ3n) is 5.49. The average Bonchev–Trinajstić information content (AvgIpc) is 3.25. The van der Waals surface area contributed by atoms with Gasteiger partial charge in [0.25, 0.3) is 12.1 Å². The lowest BCUT2D eigenvalue weighted by molar-refractivity contribution is -0.0735. The Hall–Kier alpha value is -2.24. The van der Waals surface area contributed by atoms with Crippen LogP contribution in [0.3, 0.4) is 0 Å². The Morgan fingerprint density at radius 3 is 2.46 bits per heavy atom. The highest BCUT2D eigenvalue weighted by molar-refractivity contribution is 8.10. The number of hydrogen-bond donors (Lipinski definition) is 1. The van der Waals surface area contributed by atoms with E-state index in [9.17, 15) is 14.4 Å². The molecule has 1 saturated heterocycles. The zero-order valence-corrected chi connectivity index (χ0v) is 21.2. The molecular formula is C22H27F2N2O7PS. The second-order valence-electron chi connectivity index (χ2n) is 7.84. The molecule has 2 aromatic rings. The Kier molecular flexibility index (Phi) is 8.76. The smallest absolute Gasteiger partial charge is 0.338 e. The summed E-state index contributed by atoms with van der Waals surface area (Å²) in [5.41, 5.74) is -4.64. The van der Waals surface area contributed by atoms with Gasteiger partial charge in [0.05, 0.1) is 24.7 Å². The number of halogens is 2. The summed E-state index contributed by atoms with van der Waals surface area (Å²) < 4.78 is 54.5. The van der Waals surface area contributed by atoms with Crippen LogP contribution >= 0.6 is 6.49 Å². The molecule has 3 atom stereocenters. The molecule has 2 heterocycles. The van der Waals surface area contributed by atoms with Crippen molar-refractivity contribution in [2.75, 3.05) is 19.8 Å². The fourth-order valence-electron chi connectivity index (χ4n) is 3.79. The Labute approximate surface area is 205 Å². The third-order valence-corrected chi connectivity index (χ3v) is 9.11. The molecule has 0 bridgehead atoms. The SMILES string of the molecule is CCOP(=S)(OCC)C(F)(F)[C@H]1C[C@H](n2cc(C)c(=O)[nH]c2=O)O[C@@H]1COC(=O)c1ccccc1. The third kappa shape index (κ3) is 5.78. The molecule has 0 amide bonds. The summed E-state index contributed by atoms with van der Waals surface area (Å²) in [4.78, 5) is 38.7. The van der Waals surface area contributed by atoms with E-state index < -0.39 is 54.2 Å². The van der Waals surface area contributed by atoms with Crippen LogP contribution in [0.2, 0.25) is 0 Å². The van der Waals surface area contributed by atoms with Crippen molar-refractivity contribution in [3.63, 3.8) is 0 Å². The Morgan fingerprint density at radius 2 is 1.86 bits per heavy atom. The standard InChI is InChI=1S/C22H27F2N2O7PS/c1-4-31-34(35,32-5-2)22(23,24)16-11-18(26-12-14(3)19(27)25-21(26)29)33-17(16)13-30-20(28)15-9-7-6-8-10-15/h6-10,12,16-18H,4-5,11,13H2,1-3H3,(H,25,27,29)/t16-,17+,18+/m0/s1. The van der Waals surface area contributed by atoms with Crippen molar-refractivity contribution in [3.05, 3.63) is 68.5 Å². The first-order valence-electron chi connectivity index (χ1n) is 11.0. The molecule has 1 aliphatic rings. The molecule has 0 unspecified atom stereocenters. The highest BCUT2D eigenvalue weighted by Gasteiger charge is 2.60. The molecule has 0 radical (unpaired) electrons. The molecule has 1 aromatic carbocycles. The summed E-state index contributed by atoms with van der Waals surface area (Å²) in [6.07, 6.45) is -1.61. The minimum atomic E-state index is -4.13. The molecule has 13 heteroatoms. The van der Waals surface area contributed by atoms with Crippen molar-refractivity contribution < 1.29 is 32.1 Å². The summed E-state index contributed by atoms with van der Waals surface area (Å²) in [6, 6.07) is 8.05. The quantitative estimate of drug-likeness (QED) is 0.366. The number of nitrogens with one attached hydrogen (secondary N) is 1. The Balaban J connectivity index is 1.94. The van der Waals surface area contributed by atoms with Crippen LogP contribution in [-0.4, -0.2) is 47.1 Å². The summed E-state index contributed by atoms with van der Waals surface area (Å²) >= 11 is 5.19. The first-order valence-corrected chi connectivity index (χ1v) is 13.6. The molecule has 1 aliphatic heterocycles. The number of aryl methyl sites for hydroxylation is 1. The second-order valence-corrected chi connectivity index (χ2v) is 11.4. The van der Waals surface area contributed by atoms with E-state index in [1.807, 2.05) is 0 Å². The molecular weight excluding hydrogens is 505 g/mol. The van der Waals surface area contributed by atoms with Crippen molar-refractivity contribution in [3.8, 4) is 0 Å². The fraction of sp³-hybridized carbons (Fsp3) is 0.500. The number of nitrogens with zero attached hydrogens (tertiary/aromatic N) is 1. The van der Waals surface area contributed by atoms with E-state index in [0.717, 1.165) is 4.57 Å². The largest absolute Gasteiger partial charge is 0.459 e. The van der Waals surface area contributed by atoms with E-state index >= 15 is 8.78 Å². The van der Waals surface area contributed by atoms with Crippen LogP contribution in [0.15, 0.2) is 46.1 Å². The molecule has 9 nitrogen and oxygen atoms in total. The number of carbonyl (C=O) groups excluding carboxylic acids is 1. The number of H-pyrrole nitrogens is 1. The maximum atomic E-state index is 15.9. The number of carbonyl (C=O) groups is 1. The highest BCUT2D eigenvalue weighted by atomic mass is 32.5. The van der Waals surface area contributed by atoms with Gasteiger partial charge in [-0.2, -0.15) is 8.78 Å². The van der Waals surface area contributed by atoms with Gasteiger partial charge in [0.1, 0.15) is 18.9 Å². The van der Waals surface area contributed by atoms with Crippen molar-refractivity contribution in [2.24, 2.45) is 5.92 Å². The highest BCUT2D eigenvalue weighted by Crippen LogP contribution is 2.67. The first-order chi connectivity index (χ1) is 16.5. The maximum absolute atomic E-state index is 15.9. The Morgan fingerprint density at radius 1 is 1.23 bits per heavy atom. The van der Waals surface area contributed by atoms with Gasteiger partial charge in [-0.3, -0.25) is 14.3 Å². The van der Waals surface area contributed by atoms with Gasteiger partial charge in [0.2, 0.25) is 0 Å². The van der Waals surface area contributed by atoms with Gasteiger partial charge in [0.15, 0.2) is 0 Å². The van der Waals surface area contributed by atoms with Crippen LogP contribution in [0.4, 0.5) is 8.78 Å². The summed E-state index contributed by atoms with van der Waals surface area (Å²) in [5.74, 6) is -2.31. The fourth-order valence-corrected chi connectivity index (χ4v) is 6.60. The van der Waals surface area contributed by atoms with E-state index in [0.29, 0.717) is 0 Å². The zero-order chi connectivity index (χ0) is 25.8. The Bertz CT molecular complexity index is 1190. The molecule has 1 fully saturated rings. The number of hydrogen-bond acceptors (Lipinski definition) is 8. The molecule has 1 N–H and O–H groups in total. The van der Waals surface area contributed by atoms with Gasteiger partial charge in [-0.05, 0) is 44.7 Å². The number of aromatic amines is 1. The average molecular weight is 533 g/mol. The van der Waals surface area contributed by atoms with Gasteiger partial charge in [-0.15, -0.1) is 0 Å². The predicted molar refractivity (Wildman–Crippen MR) is 127 cm³/mol. The maximum Gasteiger partial charge on any atom is 0.338 e. The lowest BCUT2D eigenvalue weighted by atomic mass is 10.0. The van der Waals surface area contributed by atoms with Gasteiger partial charge in [0, 0.05) is 18.2 Å². The van der Waals surface area contributed by atoms with Crippen LogP contribution < -0.4 is 11.2 Å². The topological polar surface area (TPSA) is 109 Å². The molecule has 0 spiro atoms. The lowest BCUT2D eigenvalue weighted by Gasteiger charge is -2.34. The van der Waals surface area contributed by atoms with Crippen molar-refractivity contribution in [1.29, 1.82) is 0 Å². The van der Waals surface area contributed by atoms with Crippen LogP contribution in [0, 0.1) is 12.8 Å². The normalized spacial score (nSPS) is 20.7. The van der Waals surface area contributed by atoms with Crippen molar-refractivity contribution in [1.82, 2.24) is 9.55 Å². The van der Waals surface area contributed by atoms with E-state index in [4.69, 9.17) is 30.3 Å². The van der Waals surface area contributed by atoms with E-state index in [1.54, 1.807) is 18.2 Å². The van der Waals surface area contributed by atoms with Crippen molar-refractivity contribution >= 4 is 24.3 Å². The van der Waals surface area contributed by atoms with Crippen molar-refractivity contribution in [2.45, 2.75) is 45.2 Å². The van der Waals surface area contributed by atoms with Gasteiger partial charge in [-0.25, -0.2) is 9.59 Å². The molecule has 35 heavy (non-hydrogen) atoms. The lowest BCUT2D eigenvalue weighted by Crippen LogP contribution is -2.38. The van der Waals surface area contributed by atoms with Crippen LogP contribution in [0.25, 0.3) is 0 Å².